The third-order valence-corrected chi connectivity index (χ3v) is 0.970. The van der Waals surface area contributed by atoms with Crippen molar-refractivity contribution >= 4 is 6.29 Å². The summed E-state index contributed by atoms with van der Waals surface area (Å²) in [4.78, 5) is 12.5. The molecule has 1 rings (SSSR count). The number of carbonyl (C=O) groups excluding carboxylic acids is 1. The molecule has 0 unspecified atom stereocenters. The summed E-state index contributed by atoms with van der Waals surface area (Å²) in [6.45, 7) is 0. The maximum atomic E-state index is 9.94. The van der Waals surface area contributed by atoms with E-state index >= 15 is 0 Å². The second kappa shape index (κ2) is 2.14. The fourth-order valence-corrected chi connectivity index (χ4v) is 0.547. The van der Waals surface area contributed by atoms with Gasteiger partial charge in [0.1, 0.15) is 11.8 Å². The second-order valence-electron chi connectivity index (χ2n) is 1.48. The zero-order valence-corrected chi connectivity index (χ0v) is 4.51. The first-order chi connectivity index (χ1) is 4.38. The molecule has 0 aliphatic rings. The Bertz CT molecular complexity index is 256. The topological polar surface area (TPSA) is 56.6 Å². The number of H-pyrrole nitrogens is 1. The van der Waals surface area contributed by atoms with Crippen LogP contribution in [0.2, 0.25) is 0 Å². The summed E-state index contributed by atoms with van der Waals surface area (Å²) in [5, 5.41) is 8.29. The van der Waals surface area contributed by atoms with Crippen LogP contribution in [0.4, 0.5) is 0 Å². The lowest BCUT2D eigenvalue weighted by molar-refractivity contribution is 0.561. The molecule has 0 aromatic carbocycles. The van der Waals surface area contributed by atoms with Gasteiger partial charge in [0.15, 0.2) is 0 Å². The van der Waals surface area contributed by atoms with E-state index in [2.05, 4.69) is 4.98 Å². The predicted octanol–water partition coefficient (Wildman–Crippen LogP) is 0.344. The van der Waals surface area contributed by atoms with Gasteiger partial charge in [0, 0.05) is 6.20 Å². The third kappa shape index (κ3) is 0.820. The summed E-state index contributed by atoms with van der Waals surface area (Å²) in [6, 6.07) is 3.36. The molecular formula is C6H3N2O. The van der Waals surface area contributed by atoms with Crippen LogP contribution < -0.4 is 0 Å². The smallest absolute Gasteiger partial charge is 0.252 e. The zero-order valence-electron chi connectivity index (χ0n) is 4.51. The van der Waals surface area contributed by atoms with Gasteiger partial charge in [0.05, 0.1) is 5.56 Å². The van der Waals surface area contributed by atoms with Crippen LogP contribution in [0.5, 0.6) is 0 Å². The Kier molecular flexibility index (Phi) is 1.32. The standard InChI is InChI=1S/C6H3N2O/c7-3-5-1-2-8-6(5)4-9/h1-2,8H. The lowest BCUT2D eigenvalue weighted by atomic mass is 10.3. The molecule has 1 radical (unpaired) electrons. The van der Waals surface area contributed by atoms with Gasteiger partial charge in [-0.1, -0.05) is 0 Å². The van der Waals surface area contributed by atoms with Crippen molar-refractivity contribution in [3.8, 4) is 6.07 Å². The first kappa shape index (κ1) is 5.57. The van der Waals surface area contributed by atoms with E-state index in [9.17, 15) is 4.79 Å². The van der Waals surface area contributed by atoms with Crippen molar-refractivity contribution in [2.24, 2.45) is 0 Å². The van der Waals surface area contributed by atoms with Crippen molar-refractivity contribution in [2.75, 3.05) is 0 Å². The second-order valence-corrected chi connectivity index (χ2v) is 1.48. The molecule has 0 aliphatic heterocycles. The SMILES string of the molecule is N#Cc1cc[nH]c1[C]=O. The van der Waals surface area contributed by atoms with Crippen molar-refractivity contribution in [1.29, 1.82) is 5.26 Å². The van der Waals surface area contributed by atoms with E-state index in [1.807, 2.05) is 6.07 Å². The number of nitrogens with zero attached hydrogens (tertiary/aromatic N) is 1. The van der Waals surface area contributed by atoms with E-state index in [0.29, 0.717) is 5.56 Å². The number of rotatable bonds is 1. The number of nitriles is 1. The van der Waals surface area contributed by atoms with Gasteiger partial charge < -0.3 is 4.98 Å². The molecule has 3 nitrogen and oxygen atoms in total. The van der Waals surface area contributed by atoms with Crippen LogP contribution in [0, 0.1) is 11.3 Å². The van der Waals surface area contributed by atoms with E-state index in [1.54, 1.807) is 6.29 Å². The monoisotopic (exact) mass is 119 g/mol. The van der Waals surface area contributed by atoms with Gasteiger partial charge in [-0.3, -0.25) is 4.79 Å². The lowest BCUT2D eigenvalue weighted by Gasteiger charge is -1.76. The molecule has 0 aliphatic carbocycles. The molecule has 0 amide bonds. The molecule has 1 heterocycles. The first-order valence-corrected chi connectivity index (χ1v) is 2.34. The molecule has 1 aromatic heterocycles. The summed E-state index contributed by atoms with van der Waals surface area (Å²) in [7, 11) is 0. The van der Waals surface area contributed by atoms with Crippen molar-refractivity contribution in [3.63, 3.8) is 0 Å². The Morgan fingerprint density at radius 2 is 2.44 bits per heavy atom. The van der Waals surface area contributed by atoms with Crippen LogP contribution in [-0.4, -0.2) is 11.3 Å². The molecule has 0 bridgehead atoms. The predicted molar refractivity (Wildman–Crippen MR) is 30.3 cm³/mol. The summed E-state index contributed by atoms with van der Waals surface area (Å²) in [5.41, 5.74) is 0.558. The fourth-order valence-electron chi connectivity index (χ4n) is 0.547. The molecule has 1 aromatic rings. The number of aromatic nitrogens is 1. The van der Waals surface area contributed by atoms with Crippen molar-refractivity contribution in [2.45, 2.75) is 0 Å². The van der Waals surface area contributed by atoms with E-state index in [4.69, 9.17) is 5.26 Å². The van der Waals surface area contributed by atoms with E-state index in [-0.39, 0.29) is 5.69 Å². The van der Waals surface area contributed by atoms with Crippen molar-refractivity contribution in [1.82, 2.24) is 4.98 Å². The average molecular weight is 119 g/mol. The number of nitrogens with one attached hydrogen (secondary N) is 1. The van der Waals surface area contributed by atoms with Gasteiger partial charge in [0.25, 0.3) is 6.29 Å². The number of hydrogen-bond acceptors (Lipinski definition) is 2. The molecule has 0 atom stereocenters. The molecular weight excluding hydrogens is 116 g/mol. The van der Waals surface area contributed by atoms with Crippen LogP contribution in [0.1, 0.15) is 11.3 Å². The summed E-state index contributed by atoms with van der Waals surface area (Å²) in [5.74, 6) is 0. The average Bonchev–Trinajstić information content (AvgIpc) is 2.33. The minimum absolute atomic E-state index is 0.220. The highest BCUT2D eigenvalue weighted by atomic mass is 16.1. The summed E-state index contributed by atoms with van der Waals surface area (Å²) < 4.78 is 0. The minimum Gasteiger partial charge on any atom is -0.357 e. The molecule has 43 valence electrons. The van der Waals surface area contributed by atoms with Gasteiger partial charge in [0.2, 0.25) is 0 Å². The van der Waals surface area contributed by atoms with Gasteiger partial charge in [-0.2, -0.15) is 5.26 Å². The van der Waals surface area contributed by atoms with E-state index in [1.165, 1.54) is 12.3 Å². The van der Waals surface area contributed by atoms with Crippen LogP contribution in [0.15, 0.2) is 12.3 Å². The highest BCUT2D eigenvalue weighted by Gasteiger charge is 1.99. The molecule has 3 heteroatoms. The van der Waals surface area contributed by atoms with Crippen LogP contribution in [-0.2, 0) is 4.79 Å². The Hall–Kier alpha value is -1.56. The van der Waals surface area contributed by atoms with E-state index < -0.39 is 0 Å². The molecule has 1 N–H and O–H groups in total. The molecule has 0 saturated carbocycles. The molecule has 0 fully saturated rings. The fraction of sp³-hybridized carbons (Fsp3) is 0. The largest absolute Gasteiger partial charge is 0.357 e. The van der Waals surface area contributed by atoms with Gasteiger partial charge in [-0.25, -0.2) is 0 Å². The Balaban J connectivity index is 3.17. The molecule has 9 heavy (non-hydrogen) atoms. The maximum Gasteiger partial charge on any atom is 0.252 e. The Morgan fingerprint density at radius 1 is 1.67 bits per heavy atom. The normalized spacial score (nSPS) is 8.33. The highest BCUT2D eigenvalue weighted by molar-refractivity contribution is 5.76. The number of aromatic amines is 1. The van der Waals surface area contributed by atoms with Gasteiger partial charge >= 0.3 is 0 Å². The van der Waals surface area contributed by atoms with Gasteiger partial charge in [-0.15, -0.1) is 0 Å². The highest BCUT2D eigenvalue weighted by Crippen LogP contribution is 1.99. The summed E-state index contributed by atoms with van der Waals surface area (Å²) >= 11 is 0. The Labute approximate surface area is 51.9 Å². The number of hydrogen-bond donors (Lipinski definition) is 1. The molecule has 0 spiro atoms. The van der Waals surface area contributed by atoms with Crippen molar-refractivity contribution < 1.29 is 4.79 Å². The maximum absolute atomic E-state index is 9.94. The zero-order chi connectivity index (χ0) is 6.69. The van der Waals surface area contributed by atoms with Crippen LogP contribution >= 0.6 is 0 Å². The van der Waals surface area contributed by atoms with E-state index in [0.717, 1.165) is 0 Å². The third-order valence-electron chi connectivity index (χ3n) is 0.970. The first-order valence-electron chi connectivity index (χ1n) is 2.34. The quantitative estimate of drug-likeness (QED) is 0.579. The lowest BCUT2D eigenvalue weighted by Crippen LogP contribution is -1.81. The summed E-state index contributed by atoms with van der Waals surface area (Å²) in [6.07, 6.45) is 3.12. The molecule has 0 saturated heterocycles. The van der Waals surface area contributed by atoms with Crippen LogP contribution in [0.3, 0.4) is 0 Å². The van der Waals surface area contributed by atoms with Crippen molar-refractivity contribution in [3.05, 3.63) is 23.5 Å². The van der Waals surface area contributed by atoms with Gasteiger partial charge in [-0.05, 0) is 6.07 Å². The van der Waals surface area contributed by atoms with Crippen LogP contribution in [0.25, 0.3) is 0 Å². The Morgan fingerprint density at radius 3 is 2.89 bits per heavy atom. The minimum atomic E-state index is 0.220.